The number of hydrogen-bond acceptors (Lipinski definition) is 3. The molecule has 0 aliphatic heterocycles. The van der Waals surface area contributed by atoms with Gasteiger partial charge in [0.1, 0.15) is 0 Å². The molecule has 20 heavy (non-hydrogen) atoms. The van der Waals surface area contributed by atoms with Crippen molar-refractivity contribution in [3.8, 4) is 0 Å². The van der Waals surface area contributed by atoms with Crippen LogP contribution in [0.15, 0.2) is 0 Å². The Kier molecular flexibility index (Phi) is 3.48. The van der Waals surface area contributed by atoms with E-state index in [2.05, 4.69) is 5.32 Å². The first-order valence-corrected chi connectivity index (χ1v) is 7.63. The van der Waals surface area contributed by atoms with Gasteiger partial charge >= 0.3 is 5.97 Å². The second kappa shape index (κ2) is 5.02. The van der Waals surface area contributed by atoms with Gasteiger partial charge in [-0.05, 0) is 61.7 Å². The minimum atomic E-state index is -1.50. The van der Waals surface area contributed by atoms with E-state index in [9.17, 15) is 14.7 Å². The molecular formula is C15H23NO4. The van der Waals surface area contributed by atoms with Gasteiger partial charge in [0.15, 0.2) is 6.10 Å². The molecule has 0 aromatic carbocycles. The number of nitrogens with one attached hydrogen (secondary N) is 1. The molecule has 4 aliphatic carbocycles. The van der Waals surface area contributed by atoms with Gasteiger partial charge in [-0.25, -0.2) is 4.79 Å². The normalized spacial score (nSPS) is 39.5. The number of carboxylic acid groups (broad SMARTS) is 1. The molecule has 0 aromatic rings. The molecule has 4 fully saturated rings. The molecule has 1 atom stereocenters. The summed E-state index contributed by atoms with van der Waals surface area (Å²) in [5.74, 6) is 1.02. The van der Waals surface area contributed by atoms with Gasteiger partial charge in [0.05, 0.1) is 6.54 Å². The first-order valence-electron chi connectivity index (χ1n) is 7.63. The number of hydrogen-bond donors (Lipinski definition) is 3. The fourth-order valence-corrected chi connectivity index (χ4v) is 5.21. The molecule has 5 heteroatoms. The van der Waals surface area contributed by atoms with Crippen LogP contribution in [0.3, 0.4) is 0 Å². The maximum absolute atomic E-state index is 12.0. The second-order valence-electron chi connectivity index (χ2n) is 7.25. The van der Waals surface area contributed by atoms with E-state index in [0.717, 1.165) is 37.0 Å². The minimum Gasteiger partial charge on any atom is -0.479 e. The lowest BCUT2D eigenvalue weighted by Gasteiger charge is -2.56. The highest BCUT2D eigenvalue weighted by molar-refractivity contribution is 5.78. The van der Waals surface area contributed by atoms with E-state index in [0.29, 0.717) is 6.42 Å². The third kappa shape index (κ3) is 2.68. The van der Waals surface area contributed by atoms with Crippen molar-refractivity contribution < 1.29 is 19.8 Å². The molecule has 0 aromatic heterocycles. The quantitative estimate of drug-likeness (QED) is 0.705. The van der Waals surface area contributed by atoms with Gasteiger partial charge in [-0.15, -0.1) is 0 Å². The van der Waals surface area contributed by atoms with Crippen LogP contribution >= 0.6 is 0 Å². The molecule has 112 valence electrons. The van der Waals surface area contributed by atoms with Crippen LogP contribution in [-0.4, -0.2) is 34.7 Å². The predicted octanol–water partition coefficient (Wildman–Crippen LogP) is 1.15. The van der Waals surface area contributed by atoms with E-state index < -0.39 is 12.1 Å². The lowest BCUT2D eigenvalue weighted by atomic mass is 9.49. The van der Waals surface area contributed by atoms with E-state index in [4.69, 9.17) is 5.11 Å². The molecule has 0 saturated heterocycles. The van der Waals surface area contributed by atoms with Crippen molar-refractivity contribution in [1.82, 2.24) is 5.32 Å². The standard InChI is InChI=1S/C15H23NO4/c17-12(14(19)20)8-16-13(18)7-15-4-9-1-10(5-15)3-11(2-9)6-15/h9-12,17H,1-8H2,(H,16,18)(H,19,20). The number of carbonyl (C=O) groups excluding carboxylic acids is 1. The average Bonchev–Trinajstić information content (AvgIpc) is 2.33. The Hall–Kier alpha value is -1.10. The van der Waals surface area contributed by atoms with Crippen molar-refractivity contribution >= 4 is 11.9 Å². The molecule has 0 spiro atoms. The Morgan fingerprint density at radius 1 is 1.10 bits per heavy atom. The zero-order chi connectivity index (χ0) is 14.3. The number of aliphatic hydroxyl groups is 1. The van der Waals surface area contributed by atoms with Gasteiger partial charge in [0, 0.05) is 6.42 Å². The monoisotopic (exact) mass is 281 g/mol. The van der Waals surface area contributed by atoms with E-state index in [-0.39, 0.29) is 17.9 Å². The number of carbonyl (C=O) groups is 2. The third-order valence-electron chi connectivity index (χ3n) is 5.48. The summed E-state index contributed by atoms with van der Waals surface area (Å²) < 4.78 is 0. The number of rotatable bonds is 5. The zero-order valence-corrected chi connectivity index (χ0v) is 11.7. The molecule has 4 saturated carbocycles. The second-order valence-corrected chi connectivity index (χ2v) is 7.25. The van der Waals surface area contributed by atoms with Crippen molar-refractivity contribution in [3.63, 3.8) is 0 Å². The summed E-state index contributed by atoms with van der Waals surface area (Å²) in [7, 11) is 0. The summed E-state index contributed by atoms with van der Waals surface area (Å²) in [6, 6.07) is 0. The molecule has 4 rings (SSSR count). The molecule has 1 amide bonds. The summed E-state index contributed by atoms with van der Waals surface area (Å²) in [6.45, 7) is -0.194. The van der Waals surface area contributed by atoms with E-state index in [1.54, 1.807) is 0 Å². The van der Waals surface area contributed by atoms with Crippen molar-refractivity contribution in [3.05, 3.63) is 0 Å². The predicted molar refractivity (Wildman–Crippen MR) is 71.9 cm³/mol. The van der Waals surface area contributed by atoms with Gasteiger partial charge < -0.3 is 15.5 Å². The van der Waals surface area contributed by atoms with Crippen LogP contribution < -0.4 is 5.32 Å². The van der Waals surface area contributed by atoms with Crippen molar-refractivity contribution in [2.75, 3.05) is 6.54 Å². The molecule has 4 bridgehead atoms. The van der Waals surface area contributed by atoms with Gasteiger partial charge in [-0.3, -0.25) is 4.79 Å². The SMILES string of the molecule is O=C(CC12CC3CC(CC(C3)C1)C2)NCC(O)C(=O)O. The van der Waals surface area contributed by atoms with Crippen LogP contribution in [0.5, 0.6) is 0 Å². The van der Waals surface area contributed by atoms with Crippen molar-refractivity contribution in [2.45, 2.75) is 51.0 Å². The fourth-order valence-electron chi connectivity index (χ4n) is 5.21. The maximum atomic E-state index is 12.0. The van der Waals surface area contributed by atoms with Crippen LogP contribution in [0.4, 0.5) is 0 Å². The minimum absolute atomic E-state index is 0.104. The number of aliphatic carboxylic acids is 1. The van der Waals surface area contributed by atoms with Gasteiger partial charge in [0.2, 0.25) is 5.91 Å². The molecule has 0 heterocycles. The lowest BCUT2D eigenvalue weighted by Crippen LogP contribution is -2.48. The van der Waals surface area contributed by atoms with Crippen LogP contribution in [0.1, 0.15) is 44.9 Å². The molecule has 3 N–H and O–H groups in total. The summed E-state index contributed by atoms with van der Waals surface area (Å²) in [5.41, 5.74) is 0.160. The molecule has 5 nitrogen and oxygen atoms in total. The highest BCUT2D eigenvalue weighted by Gasteiger charge is 2.51. The Labute approximate surface area is 118 Å². The van der Waals surface area contributed by atoms with Crippen molar-refractivity contribution in [2.24, 2.45) is 23.2 Å². The topological polar surface area (TPSA) is 86.6 Å². The van der Waals surface area contributed by atoms with E-state index in [1.807, 2.05) is 0 Å². The Balaban J connectivity index is 1.55. The van der Waals surface area contributed by atoms with Crippen molar-refractivity contribution in [1.29, 1.82) is 0 Å². The summed E-state index contributed by atoms with van der Waals surface area (Å²) in [6.07, 6.45) is 6.52. The Morgan fingerprint density at radius 2 is 1.60 bits per heavy atom. The van der Waals surface area contributed by atoms with Gasteiger partial charge in [0.25, 0.3) is 0 Å². The highest BCUT2D eigenvalue weighted by atomic mass is 16.4. The summed E-state index contributed by atoms with van der Waals surface area (Å²) in [4.78, 5) is 22.6. The Bertz CT molecular complexity index is 385. The number of carboxylic acids is 1. The average molecular weight is 281 g/mol. The first-order chi connectivity index (χ1) is 9.46. The summed E-state index contributed by atoms with van der Waals surface area (Å²) in [5, 5.41) is 20.4. The molecule has 4 aliphatic rings. The Morgan fingerprint density at radius 3 is 2.05 bits per heavy atom. The van der Waals surface area contributed by atoms with E-state index >= 15 is 0 Å². The molecular weight excluding hydrogens is 258 g/mol. The maximum Gasteiger partial charge on any atom is 0.334 e. The highest BCUT2D eigenvalue weighted by Crippen LogP contribution is 2.61. The van der Waals surface area contributed by atoms with Crippen LogP contribution in [0.25, 0.3) is 0 Å². The fraction of sp³-hybridized carbons (Fsp3) is 0.867. The summed E-state index contributed by atoms with van der Waals surface area (Å²) >= 11 is 0. The molecule has 1 unspecified atom stereocenters. The third-order valence-corrected chi connectivity index (χ3v) is 5.48. The largest absolute Gasteiger partial charge is 0.479 e. The number of aliphatic hydroxyl groups excluding tert-OH is 1. The van der Waals surface area contributed by atoms with Crippen LogP contribution in [0, 0.1) is 23.2 Å². The van der Waals surface area contributed by atoms with Crippen LogP contribution in [0.2, 0.25) is 0 Å². The van der Waals surface area contributed by atoms with E-state index in [1.165, 1.54) is 19.3 Å². The lowest BCUT2D eigenvalue weighted by molar-refractivity contribution is -0.146. The van der Waals surface area contributed by atoms with Gasteiger partial charge in [-0.2, -0.15) is 0 Å². The molecule has 0 radical (unpaired) electrons. The van der Waals surface area contributed by atoms with Gasteiger partial charge in [-0.1, -0.05) is 0 Å². The first kappa shape index (κ1) is 13.9. The number of amides is 1. The smallest absolute Gasteiger partial charge is 0.334 e. The zero-order valence-electron chi connectivity index (χ0n) is 11.7. The van der Waals surface area contributed by atoms with Crippen LogP contribution in [-0.2, 0) is 9.59 Å².